The zero-order valence-electron chi connectivity index (χ0n) is 5.97. The van der Waals surface area contributed by atoms with Crippen LogP contribution in [-0.4, -0.2) is 16.9 Å². The van der Waals surface area contributed by atoms with Gasteiger partial charge in [-0.15, -0.1) is 11.3 Å². The van der Waals surface area contributed by atoms with Crippen LogP contribution in [0.5, 0.6) is 0 Å². The third-order valence-electron chi connectivity index (χ3n) is 1.11. The Morgan fingerprint density at radius 3 is 2.50 bits per heavy atom. The van der Waals surface area contributed by atoms with Crippen LogP contribution >= 0.6 is 11.3 Å². The average Bonchev–Trinajstić information content (AvgIpc) is 2.32. The number of carbonyl (C=O) groups excluding carboxylic acids is 1. The standard InChI is InChI=1S/C6H4F3NOS/c1-3-10-4(2-12-3)5(11)6(7,8)9/h2H,1H3. The minimum absolute atomic E-state index is 0.447. The van der Waals surface area contributed by atoms with Gasteiger partial charge in [0.2, 0.25) is 0 Å². The summed E-state index contributed by atoms with van der Waals surface area (Å²) in [5, 5.41) is 1.55. The molecule has 2 nitrogen and oxygen atoms in total. The fourth-order valence-corrected chi connectivity index (χ4v) is 1.21. The first-order valence-electron chi connectivity index (χ1n) is 2.95. The molecule has 0 amide bonds. The molecule has 6 heteroatoms. The summed E-state index contributed by atoms with van der Waals surface area (Å²) in [5.41, 5.74) is -0.523. The van der Waals surface area contributed by atoms with Crippen molar-refractivity contribution in [1.82, 2.24) is 4.98 Å². The number of Topliss-reactive ketones (excluding diaryl/α,β-unsaturated/α-hetero) is 1. The summed E-state index contributed by atoms with van der Waals surface area (Å²) < 4.78 is 35.3. The van der Waals surface area contributed by atoms with Gasteiger partial charge in [-0.05, 0) is 6.92 Å². The van der Waals surface area contributed by atoms with Gasteiger partial charge in [-0.25, -0.2) is 4.98 Å². The molecule has 0 aliphatic heterocycles. The predicted molar refractivity (Wildman–Crippen MR) is 37.2 cm³/mol. The number of ketones is 1. The Labute approximate surface area is 70.0 Å². The Morgan fingerprint density at radius 2 is 2.17 bits per heavy atom. The Kier molecular flexibility index (Phi) is 2.18. The summed E-state index contributed by atoms with van der Waals surface area (Å²) in [7, 11) is 0. The zero-order valence-corrected chi connectivity index (χ0v) is 6.79. The minimum Gasteiger partial charge on any atom is -0.282 e. The third kappa shape index (κ3) is 1.82. The lowest BCUT2D eigenvalue weighted by molar-refractivity contribution is -0.0887. The van der Waals surface area contributed by atoms with E-state index in [0.717, 1.165) is 16.7 Å². The van der Waals surface area contributed by atoms with Crippen molar-refractivity contribution >= 4 is 17.1 Å². The van der Waals surface area contributed by atoms with Crippen molar-refractivity contribution in [2.24, 2.45) is 0 Å². The second kappa shape index (κ2) is 2.85. The van der Waals surface area contributed by atoms with E-state index in [2.05, 4.69) is 4.98 Å². The summed E-state index contributed by atoms with van der Waals surface area (Å²) >= 11 is 1.02. The Hall–Kier alpha value is -0.910. The normalized spacial score (nSPS) is 11.7. The van der Waals surface area contributed by atoms with E-state index in [-0.39, 0.29) is 0 Å². The van der Waals surface area contributed by atoms with Gasteiger partial charge < -0.3 is 0 Å². The molecule has 0 fully saturated rings. The van der Waals surface area contributed by atoms with Crippen molar-refractivity contribution in [1.29, 1.82) is 0 Å². The molecule has 0 unspecified atom stereocenters. The lowest BCUT2D eigenvalue weighted by Crippen LogP contribution is -2.22. The molecular formula is C6H4F3NOS. The smallest absolute Gasteiger partial charge is 0.282 e. The highest BCUT2D eigenvalue weighted by atomic mass is 32.1. The number of aryl methyl sites for hydroxylation is 1. The molecular weight excluding hydrogens is 191 g/mol. The highest BCUT2D eigenvalue weighted by Crippen LogP contribution is 2.22. The van der Waals surface area contributed by atoms with Gasteiger partial charge in [0.15, 0.2) is 0 Å². The first kappa shape index (κ1) is 9.18. The highest BCUT2D eigenvalue weighted by Gasteiger charge is 2.40. The fourth-order valence-electron chi connectivity index (χ4n) is 0.613. The predicted octanol–water partition coefficient (Wildman–Crippen LogP) is 2.20. The average molecular weight is 195 g/mol. The zero-order chi connectivity index (χ0) is 9.35. The molecule has 0 radical (unpaired) electrons. The molecule has 1 aromatic heterocycles. The first-order chi connectivity index (χ1) is 5.41. The molecule has 1 heterocycles. The lowest BCUT2D eigenvalue weighted by atomic mass is 10.3. The Morgan fingerprint density at radius 1 is 1.58 bits per heavy atom. The van der Waals surface area contributed by atoms with E-state index < -0.39 is 17.7 Å². The van der Waals surface area contributed by atoms with E-state index >= 15 is 0 Å². The van der Waals surface area contributed by atoms with Gasteiger partial charge in [-0.2, -0.15) is 13.2 Å². The number of hydrogen-bond acceptors (Lipinski definition) is 3. The van der Waals surface area contributed by atoms with Crippen LogP contribution in [0.1, 0.15) is 15.5 Å². The van der Waals surface area contributed by atoms with Crippen molar-refractivity contribution in [3.05, 3.63) is 16.1 Å². The molecule has 0 bridgehead atoms. The summed E-state index contributed by atoms with van der Waals surface area (Å²) in [5.74, 6) is -1.88. The summed E-state index contributed by atoms with van der Waals surface area (Å²) in [6.45, 7) is 1.54. The molecule has 0 spiro atoms. The number of carbonyl (C=O) groups is 1. The number of alkyl halides is 3. The van der Waals surface area contributed by atoms with Crippen LogP contribution in [-0.2, 0) is 0 Å². The van der Waals surface area contributed by atoms with E-state index in [4.69, 9.17) is 0 Å². The maximum atomic E-state index is 11.8. The van der Waals surface area contributed by atoms with Crippen molar-refractivity contribution < 1.29 is 18.0 Å². The maximum absolute atomic E-state index is 11.8. The highest BCUT2D eigenvalue weighted by molar-refractivity contribution is 7.09. The minimum atomic E-state index is -4.82. The molecule has 0 saturated heterocycles. The fraction of sp³-hybridized carbons (Fsp3) is 0.333. The van der Waals surface area contributed by atoms with E-state index in [9.17, 15) is 18.0 Å². The van der Waals surface area contributed by atoms with Crippen molar-refractivity contribution in [3.8, 4) is 0 Å². The molecule has 12 heavy (non-hydrogen) atoms. The number of halogens is 3. The third-order valence-corrected chi connectivity index (χ3v) is 1.88. The van der Waals surface area contributed by atoms with Crippen molar-refractivity contribution in [2.45, 2.75) is 13.1 Å². The van der Waals surface area contributed by atoms with Gasteiger partial charge in [0.1, 0.15) is 5.69 Å². The number of aromatic nitrogens is 1. The molecule has 0 atom stereocenters. The molecule has 0 N–H and O–H groups in total. The Balaban J connectivity index is 2.93. The van der Waals surface area contributed by atoms with Crippen molar-refractivity contribution in [3.63, 3.8) is 0 Å². The van der Waals surface area contributed by atoms with Crippen LogP contribution < -0.4 is 0 Å². The van der Waals surface area contributed by atoms with E-state index in [1.54, 1.807) is 0 Å². The summed E-state index contributed by atoms with van der Waals surface area (Å²) in [4.78, 5) is 13.9. The van der Waals surface area contributed by atoms with Crippen LogP contribution in [0.4, 0.5) is 13.2 Å². The van der Waals surface area contributed by atoms with Gasteiger partial charge in [0, 0.05) is 5.38 Å². The van der Waals surface area contributed by atoms with Crippen LogP contribution in [0.25, 0.3) is 0 Å². The second-order valence-electron chi connectivity index (χ2n) is 2.08. The number of hydrogen-bond donors (Lipinski definition) is 0. The lowest BCUT2D eigenvalue weighted by Gasteiger charge is -2.00. The summed E-state index contributed by atoms with van der Waals surface area (Å²) in [6, 6.07) is 0. The number of thiazole rings is 1. The molecule has 0 aliphatic rings. The van der Waals surface area contributed by atoms with Crippen LogP contribution in [0.2, 0.25) is 0 Å². The van der Waals surface area contributed by atoms with E-state index in [1.165, 1.54) is 6.92 Å². The van der Waals surface area contributed by atoms with E-state index in [0.29, 0.717) is 5.01 Å². The molecule has 1 aromatic rings. The second-order valence-corrected chi connectivity index (χ2v) is 3.14. The molecule has 66 valence electrons. The first-order valence-corrected chi connectivity index (χ1v) is 3.83. The SMILES string of the molecule is Cc1nc(C(=O)C(F)(F)F)cs1. The number of nitrogens with zero attached hydrogens (tertiary/aromatic N) is 1. The van der Waals surface area contributed by atoms with Gasteiger partial charge in [-0.1, -0.05) is 0 Å². The van der Waals surface area contributed by atoms with Crippen LogP contribution in [0.15, 0.2) is 5.38 Å². The molecule has 1 rings (SSSR count). The molecule has 0 saturated carbocycles. The summed E-state index contributed by atoms with van der Waals surface area (Å²) in [6.07, 6.45) is -4.82. The maximum Gasteiger partial charge on any atom is 0.456 e. The van der Waals surface area contributed by atoms with Gasteiger partial charge >= 0.3 is 6.18 Å². The van der Waals surface area contributed by atoms with Crippen molar-refractivity contribution in [2.75, 3.05) is 0 Å². The topological polar surface area (TPSA) is 30.0 Å². The molecule has 0 aromatic carbocycles. The van der Waals surface area contributed by atoms with Gasteiger partial charge in [0.25, 0.3) is 5.78 Å². The van der Waals surface area contributed by atoms with E-state index in [1.807, 2.05) is 0 Å². The van der Waals surface area contributed by atoms with Crippen LogP contribution in [0.3, 0.4) is 0 Å². The van der Waals surface area contributed by atoms with Gasteiger partial charge in [0.05, 0.1) is 5.01 Å². The van der Waals surface area contributed by atoms with Gasteiger partial charge in [-0.3, -0.25) is 4.79 Å². The largest absolute Gasteiger partial charge is 0.456 e. The van der Waals surface area contributed by atoms with Crippen LogP contribution in [0, 0.1) is 6.92 Å². The monoisotopic (exact) mass is 195 g/mol. The number of rotatable bonds is 1. The Bertz CT molecular complexity index is 304. The molecule has 0 aliphatic carbocycles. The quantitative estimate of drug-likeness (QED) is 0.643.